The van der Waals surface area contributed by atoms with E-state index in [9.17, 15) is 13.2 Å². The average Bonchev–Trinajstić information content (AvgIpc) is 3.27. The molecule has 0 radical (unpaired) electrons. The molecular weight excluding hydrogens is 662 g/mol. The summed E-state index contributed by atoms with van der Waals surface area (Å²) in [6.07, 6.45) is 0.991. The van der Waals surface area contributed by atoms with E-state index in [1.54, 1.807) is 24.9 Å². The lowest BCUT2D eigenvalue weighted by atomic mass is 9.74. The molecule has 4 aromatic carbocycles. The number of aromatic nitrogens is 1. The van der Waals surface area contributed by atoms with Crippen LogP contribution in [0.2, 0.25) is 0 Å². The molecule has 0 amide bonds. The van der Waals surface area contributed by atoms with Crippen LogP contribution in [-0.4, -0.2) is 53.8 Å². The molecular formula is C39H37F3N4OS2. The summed E-state index contributed by atoms with van der Waals surface area (Å²) in [6.45, 7) is 9.82. The lowest BCUT2D eigenvalue weighted by Gasteiger charge is -2.46. The van der Waals surface area contributed by atoms with Gasteiger partial charge in [-0.25, -0.2) is 0 Å². The van der Waals surface area contributed by atoms with Crippen molar-refractivity contribution >= 4 is 68.3 Å². The van der Waals surface area contributed by atoms with Crippen molar-refractivity contribution in [1.29, 1.82) is 0 Å². The molecule has 3 aliphatic heterocycles. The number of alkyl halides is 3. The SMILES string of the molecule is Cc1c(C(F)(F)F)cc2c(c1C)C(C)(C)C1(C=Nc3c(cc(N4CCSCC4)c4ccncc34)O1)N2CCSc1cccc2ccccc12. The molecule has 1 aromatic heterocycles. The summed E-state index contributed by atoms with van der Waals surface area (Å²) in [5.41, 5.74) is 1.52. The minimum absolute atomic E-state index is 0.247. The van der Waals surface area contributed by atoms with Crippen molar-refractivity contribution < 1.29 is 17.9 Å². The van der Waals surface area contributed by atoms with Gasteiger partial charge in [-0.15, -0.1) is 11.8 Å². The highest BCUT2D eigenvalue weighted by Gasteiger charge is 2.61. The largest absolute Gasteiger partial charge is 0.459 e. The third-order valence-corrected chi connectivity index (χ3v) is 12.6. The van der Waals surface area contributed by atoms with E-state index in [4.69, 9.17) is 9.73 Å². The number of fused-ring (bicyclic) bond motifs is 5. The van der Waals surface area contributed by atoms with Crippen molar-refractivity contribution in [2.45, 2.75) is 49.9 Å². The third-order valence-electron chi connectivity index (χ3n) is 10.6. The van der Waals surface area contributed by atoms with E-state index in [1.807, 2.05) is 60.3 Å². The van der Waals surface area contributed by atoms with Crippen LogP contribution in [-0.2, 0) is 11.6 Å². The number of aliphatic imine (C=N–C) groups is 1. The number of pyridine rings is 1. The maximum atomic E-state index is 14.5. The van der Waals surface area contributed by atoms with Gasteiger partial charge in [0.05, 0.1) is 17.2 Å². The molecule has 5 nitrogen and oxygen atoms in total. The van der Waals surface area contributed by atoms with E-state index >= 15 is 0 Å². The van der Waals surface area contributed by atoms with E-state index < -0.39 is 22.9 Å². The van der Waals surface area contributed by atoms with Crippen LogP contribution in [0.3, 0.4) is 0 Å². The Kier molecular flexibility index (Phi) is 7.83. The molecule has 1 atom stereocenters. The van der Waals surface area contributed by atoms with Gasteiger partial charge in [0.2, 0.25) is 5.72 Å². The maximum Gasteiger partial charge on any atom is 0.416 e. The quantitative estimate of drug-likeness (QED) is 0.170. The number of hydrogen-bond donors (Lipinski definition) is 0. The van der Waals surface area contributed by atoms with Crippen LogP contribution in [0.15, 0.2) is 82.9 Å². The van der Waals surface area contributed by atoms with Gasteiger partial charge in [-0.05, 0) is 73.4 Å². The van der Waals surface area contributed by atoms with Crippen molar-refractivity contribution in [1.82, 2.24) is 4.98 Å². The van der Waals surface area contributed by atoms with Gasteiger partial charge in [-0.3, -0.25) is 9.98 Å². The molecule has 0 saturated carbocycles. The molecule has 4 heterocycles. The van der Waals surface area contributed by atoms with Gasteiger partial charge < -0.3 is 14.5 Å². The summed E-state index contributed by atoms with van der Waals surface area (Å²) in [7, 11) is 0. The molecule has 10 heteroatoms. The van der Waals surface area contributed by atoms with Crippen molar-refractivity contribution in [2.24, 2.45) is 4.99 Å². The first-order chi connectivity index (χ1) is 23.5. The van der Waals surface area contributed by atoms with E-state index in [2.05, 4.69) is 54.1 Å². The molecule has 5 aromatic rings. The summed E-state index contributed by atoms with van der Waals surface area (Å²) in [4.78, 5) is 15.1. The molecule has 0 N–H and O–H groups in total. The summed E-state index contributed by atoms with van der Waals surface area (Å²) in [5.74, 6) is 3.32. The van der Waals surface area contributed by atoms with Gasteiger partial charge >= 0.3 is 6.18 Å². The minimum Gasteiger partial charge on any atom is -0.459 e. The summed E-state index contributed by atoms with van der Waals surface area (Å²) in [5, 5.41) is 4.28. The highest BCUT2D eigenvalue weighted by Crippen LogP contribution is 2.58. The van der Waals surface area contributed by atoms with Crippen LogP contribution in [0, 0.1) is 13.8 Å². The van der Waals surface area contributed by atoms with Crippen molar-refractivity contribution in [3.8, 4) is 5.75 Å². The second kappa shape index (κ2) is 11.9. The van der Waals surface area contributed by atoms with Gasteiger partial charge in [-0.1, -0.05) is 36.4 Å². The third kappa shape index (κ3) is 5.08. The number of benzene rings is 4. The van der Waals surface area contributed by atoms with Crippen molar-refractivity contribution in [3.63, 3.8) is 0 Å². The first-order valence-electron chi connectivity index (χ1n) is 16.6. The first kappa shape index (κ1) is 32.3. The zero-order chi connectivity index (χ0) is 34.1. The van der Waals surface area contributed by atoms with Gasteiger partial charge in [0.1, 0.15) is 5.69 Å². The van der Waals surface area contributed by atoms with E-state index in [1.165, 1.54) is 6.07 Å². The Bertz CT molecular complexity index is 2140. The molecule has 3 aliphatic rings. The highest BCUT2D eigenvalue weighted by atomic mass is 32.2. The number of nitrogens with zero attached hydrogens (tertiary/aromatic N) is 4. The van der Waals surface area contributed by atoms with E-state index in [0.29, 0.717) is 35.0 Å². The Balaban J connectivity index is 1.26. The topological polar surface area (TPSA) is 41.0 Å². The van der Waals surface area contributed by atoms with Crippen LogP contribution >= 0.6 is 23.5 Å². The lowest BCUT2D eigenvalue weighted by molar-refractivity contribution is -0.138. The molecule has 252 valence electrons. The molecule has 1 fully saturated rings. The molecule has 0 aliphatic carbocycles. The van der Waals surface area contributed by atoms with Crippen molar-refractivity contribution in [2.75, 3.05) is 46.7 Å². The van der Waals surface area contributed by atoms with Crippen LogP contribution in [0.25, 0.3) is 21.5 Å². The van der Waals surface area contributed by atoms with Gasteiger partial charge in [0, 0.05) is 82.4 Å². The average molecular weight is 699 g/mol. The monoisotopic (exact) mass is 698 g/mol. The fraction of sp³-hybridized carbons (Fsp3) is 0.333. The second-order valence-corrected chi connectivity index (χ2v) is 15.8. The fourth-order valence-corrected chi connectivity index (χ4v) is 9.90. The van der Waals surface area contributed by atoms with Gasteiger partial charge in [0.25, 0.3) is 0 Å². The molecule has 1 saturated heterocycles. The van der Waals surface area contributed by atoms with Crippen LogP contribution in [0.1, 0.15) is 36.1 Å². The van der Waals surface area contributed by atoms with Crippen LogP contribution in [0.4, 0.5) is 30.2 Å². The Morgan fingerprint density at radius 2 is 1.69 bits per heavy atom. The van der Waals surface area contributed by atoms with Crippen LogP contribution in [0.5, 0.6) is 5.75 Å². The Hall–Kier alpha value is -3.89. The molecule has 1 unspecified atom stereocenters. The molecule has 1 spiro atoms. The number of anilines is 2. The predicted molar refractivity (Wildman–Crippen MR) is 199 cm³/mol. The second-order valence-electron chi connectivity index (χ2n) is 13.5. The zero-order valence-corrected chi connectivity index (χ0v) is 29.5. The summed E-state index contributed by atoms with van der Waals surface area (Å²) < 4.78 is 50.9. The number of hydrogen-bond acceptors (Lipinski definition) is 7. The Morgan fingerprint density at radius 3 is 2.49 bits per heavy atom. The Morgan fingerprint density at radius 1 is 0.918 bits per heavy atom. The minimum atomic E-state index is -4.49. The standard InChI is InChI=1S/C39H37F3N4OS2/c1-24-25(2)35-32(20-30(24)39(40,41)42)46(16-19-49-34-11-7-9-26-8-5-6-10-27(26)34)38(37(35,3)4)23-44-36-29-22-43-13-12-28(29)31(21-33(36)47-38)45-14-17-48-18-15-45/h5-13,20-23H,14-19H2,1-4H3. The molecule has 49 heavy (non-hydrogen) atoms. The van der Waals surface area contributed by atoms with Crippen molar-refractivity contribution in [3.05, 3.63) is 95.3 Å². The fourth-order valence-electron chi connectivity index (χ4n) is 7.99. The summed E-state index contributed by atoms with van der Waals surface area (Å²) in [6, 6.07) is 20.0. The number of thioether (sulfide) groups is 2. The van der Waals surface area contributed by atoms with Crippen LogP contribution < -0.4 is 14.5 Å². The van der Waals surface area contributed by atoms with Gasteiger partial charge in [0.15, 0.2) is 5.75 Å². The number of ether oxygens (including phenoxy) is 1. The van der Waals surface area contributed by atoms with E-state index in [0.717, 1.165) is 62.3 Å². The number of rotatable bonds is 5. The highest BCUT2D eigenvalue weighted by molar-refractivity contribution is 7.99. The normalized spacial score (nSPS) is 19.8. The van der Waals surface area contributed by atoms with Gasteiger partial charge in [-0.2, -0.15) is 24.9 Å². The predicted octanol–water partition coefficient (Wildman–Crippen LogP) is 9.96. The summed E-state index contributed by atoms with van der Waals surface area (Å²) >= 11 is 3.65. The first-order valence-corrected chi connectivity index (χ1v) is 18.7. The molecule has 0 bridgehead atoms. The zero-order valence-electron chi connectivity index (χ0n) is 27.9. The lowest BCUT2D eigenvalue weighted by Crippen LogP contribution is -2.62. The van der Waals surface area contributed by atoms with E-state index in [-0.39, 0.29) is 5.56 Å². The Labute approximate surface area is 292 Å². The molecule has 8 rings (SSSR count). The number of halogens is 3. The maximum absolute atomic E-state index is 14.5. The smallest absolute Gasteiger partial charge is 0.416 e.